The minimum Gasteiger partial charge on any atom is -0.478 e. The van der Waals surface area contributed by atoms with Gasteiger partial charge in [-0.15, -0.1) is 0 Å². The highest BCUT2D eigenvalue weighted by atomic mass is 16.4. The Hall–Kier alpha value is -1.07. The molecule has 84 valence electrons. The van der Waals surface area contributed by atoms with Crippen LogP contribution in [0.4, 0.5) is 0 Å². The van der Waals surface area contributed by atoms with E-state index in [2.05, 4.69) is 10.3 Å². The first kappa shape index (κ1) is 10.4. The predicted molar refractivity (Wildman–Crippen MR) is 55.9 cm³/mol. The van der Waals surface area contributed by atoms with Gasteiger partial charge in [0.1, 0.15) is 0 Å². The van der Waals surface area contributed by atoms with Crippen molar-refractivity contribution in [3.63, 3.8) is 0 Å². The van der Waals surface area contributed by atoms with Crippen molar-refractivity contribution in [3.05, 3.63) is 11.8 Å². The molecule has 0 bridgehead atoms. The number of piperidine rings is 1. The molecule has 0 saturated carbocycles. The second-order valence-electron chi connectivity index (χ2n) is 4.08. The van der Waals surface area contributed by atoms with Crippen LogP contribution >= 0.6 is 0 Å². The third kappa shape index (κ3) is 2.70. The standard InChI is InChI=1S/C10H17N3O2/c14-10(15)9-6-11-13(7-9)8-12-4-2-1-3-5-12/h7,11H,1-6,8H2,(H,14,15). The highest BCUT2D eigenvalue weighted by molar-refractivity contribution is 5.87. The molecule has 1 fully saturated rings. The molecule has 0 unspecified atom stereocenters. The van der Waals surface area contributed by atoms with Crippen LogP contribution in [0.25, 0.3) is 0 Å². The van der Waals surface area contributed by atoms with Crippen LogP contribution in [0.1, 0.15) is 19.3 Å². The van der Waals surface area contributed by atoms with Crippen molar-refractivity contribution in [1.29, 1.82) is 0 Å². The van der Waals surface area contributed by atoms with Gasteiger partial charge in [0.15, 0.2) is 0 Å². The summed E-state index contributed by atoms with van der Waals surface area (Å²) in [5.41, 5.74) is 3.49. The summed E-state index contributed by atoms with van der Waals surface area (Å²) in [6.07, 6.45) is 5.52. The maximum atomic E-state index is 10.7. The van der Waals surface area contributed by atoms with Gasteiger partial charge in [-0.3, -0.25) is 4.90 Å². The second kappa shape index (κ2) is 4.63. The molecule has 0 aliphatic carbocycles. The van der Waals surface area contributed by atoms with Crippen LogP contribution in [0.5, 0.6) is 0 Å². The number of rotatable bonds is 3. The first-order valence-electron chi connectivity index (χ1n) is 5.42. The molecule has 0 amide bonds. The zero-order valence-electron chi connectivity index (χ0n) is 8.78. The summed E-state index contributed by atoms with van der Waals surface area (Å²) in [6.45, 7) is 3.46. The summed E-state index contributed by atoms with van der Waals surface area (Å²) in [7, 11) is 0. The summed E-state index contributed by atoms with van der Waals surface area (Å²) in [5, 5.41) is 10.7. The minimum absolute atomic E-state index is 0.434. The Morgan fingerprint density at radius 2 is 2.13 bits per heavy atom. The number of hydrogen-bond donors (Lipinski definition) is 2. The molecule has 0 spiro atoms. The Bertz CT molecular complexity index is 272. The highest BCUT2D eigenvalue weighted by Gasteiger charge is 2.19. The number of nitrogens with one attached hydrogen (secondary N) is 1. The molecule has 0 radical (unpaired) electrons. The molecule has 0 aromatic rings. The van der Waals surface area contributed by atoms with Crippen LogP contribution in [0.15, 0.2) is 11.8 Å². The van der Waals surface area contributed by atoms with Gasteiger partial charge < -0.3 is 10.1 Å². The van der Waals surface area contributed by atoms with Crippen LogP contribution in [0, 0.1) is 0 Å². The number of carboxylic acid groups (broad SMARTS) is 1. The van der Waals surface area contributed by atoms with E-state index in [1.165, 1.54) is 19.3 Å². The SMILES string of the molecule is O=C(O)C1=CN(CN2CCCCC2)NC1. The summed E-state index contributed by atoms with van der Waals surface area (Å²) in [6, 6.07) is 0. The topological polar surface area (TPSA) is 55.8 Å². The fourth-order valence-corrected chi connectivity index (χ4v) is 2.00. The van der Waals surface area contributed by atoms with Gasteiger partial charge in [0.05, 0.1) is 12.2 Å². The van der Waals surface area contributed by atoms with Crippen LogP contribution in [-0.4, -0.2) is 47.3 Å². The van der Waals surface area contributed by atoms with Gasteiger partial charge in [-0.25, -0.2) is 10.2 Å². The van der Waals surface area contributed by atoms with E-state index in [1.807, 2.05) is 5.01 Å². The van der Waals surface area contributed by atoms with Gasteiger partial charge in [0.2, 0.25) is 0 Å². The number of hydrazine groups is 1. The van der Waals surface area contributed by atoms with Crippen LogP contribution in [-0.2, 0) is 4.79 Å². The average molecular weight is 211 g/mol. The molecule has 2 aliphatic heterocycles. The first-order valence-corrected chi connectivity index (χ1v) is 5.42. The summed E-state index contributed by atoms with van der Waals surface area (Å²) in [5.74, 6) is -0.830. The van der Waals surface area contributed by atoms with Crippen molar-refractivity contribution in [3.8, 4) is 0 Å². The molecule has 0 aromatic carbocycles. The lowest BCUT2D eigenvalue weighted by Gasteiger charge is -2.30. The number of carboxylic acids is 1. The van der Waals surface area contributed by atoms with Gasteiger partial charge in [-0.2, -0.15) is 0 Å². The molecule has 0 aromatic heterocycles. The molecule has 2 N–H and O–H groups in total. The van der Waals surface area contributed by atoms with Gasteiger partial charge in [0, 0.05) is 12.7 Å². The van der Waals surface area contributed by atoms with Crippen LogP contribution in [0.2, 0.25) is 0 Å². The van der Waals surface area contributed by atoms with Crippen molar-refractivity contribution in [2.45, 2.75) is 19.3 Å². The third-order valence-corrected chi connectivity index (χ3v) is 2.86. The summed E-state index contributed by atoms with van der Waals surface area (Å²) in [4.78, 5) is 13.0. The van der Waals surface area contributed by atoms with Crippen LogP contribution < -0.4 is 5.43 Å². The smallest absolute Gasteiger partial charge is 0.334 e. The van der Waals surface area contributed by atoms with Crippen molar-refractivity contribution >= 4 is 5.97 Å². The maximum Gasteiger partial charge on any atom is 0.334 e. The Kier molecular flexibility index (Phi) is 3.23. The monoisotopic (exact) mass is 211 g/mol. The van der Waals surface area contributed by atoms with Gasteiger partial charge in [-0.1, -0.05) is 6.42 Å². The molecule has 0 atom stereocenters. The normalized spacial score (nSPS) is 22.9. The van der Waals surface area contributed by atoms with E-state index in [0.29, 0.717) is 12.1 Å². The molecule has 1 saturated heterocycles. The number of likely N-dealkylation sites (tertiary alicyclic amines) is 1. The Morgan fingerprint density at radius 3 is 2.73 bits per heavy atom. The molecule has 5 nitrogen and oxygen atoms in total. The van der Waals surface area contributed by atoms with E-state index in [-0.39, 0.29) is 0 Å². The largest absolute Gasteiger partial charge is 0.478 e. The Balaban J connectivity index is 1.83. The molecule has 2 rings (SSSR count). The molecule has 15 heavy (non-hydrogen) atoms. The molecule has 2 aliphatic rings. The fraction of sp³-hybridized carbons (Fsp3) is 0.700. The fourth-order valence-electron chi connectivity index (χ4n) is 2.00. The predicted octanol–water partition coefficient (Wildman–Crippen LogP) is 0.218. The van der Waals surface area contributed by atoms with Crippen molar-refractivity contribution in [1.82, 2.24) is 15.3 Å². The highest BCUT2D eigenvalue weighted by Crippen LogP contribution is 2.11. The number of aliphatic carboxylic acids is 1. The number of hydrogen-bond acceptors (Lipinski definition) is 4. The van der Waals surface area contributed by atoms with Gasteiger partial charge >= 0.3 is 5.97 Å². The van der Waals surface area contributed by atoms with Crippen molar-refractivity contribution < 1.29 is 9.90 Å². The summed E-state index contributed by atoms with van der Waals surface area (Å²) < 4.78 is 0. The van der Waals surface area contributed by atoms with Crippen molar-refractivity contribution in [2.24, 2.45) is 0 Å². The lowest BCUT2D eigenvalue weighted by molar-refractivity contribution is -0.132. The molecule has 5 heteroatoms. The van der Waals surface area contributed by atoms with E-state index in [0.717, 1.165) is 19.8 Å². The maximum absolute atomic E-state index is 10.7. The average Bonchev–Trinajstić information content (AvgIpc) is 2.68. The summed E-state index contributed by atoms with van der Waals surface area (Å²) >= 11 is 0. The van der Waals surface area contributed by atoms with E-state index in [1.54, 1.807) is 6.20 Å². The number of carbonyl (C=O) groups is 1. The van der Waals surface area contributed by atoms with Gasteiger partial charge in [0.25, 0.3) is 0 Å². The Labute approximate surface area is 89.3 Å². The lowest BCUT2D eigenvalue weighted by atomic mass is 10.1. The van der Waals surface area contributed by atoms with E-state index >= 15 is 0 Å². The van der Waals surface area contributed by atoms with Gasteiger partial charge in [-0.05, 0) is 25.9 Å². The van der Waals surface area contributed by atoms with E-state index in [9.17, 15) is 4.79 Å². The van der Waals surface area contributed by atoms with E-state index in [4.69, 9.17) is 5.11 Å². The molecule has 2 heterocycles. The zero-order valence-corrected chi connectivity index (χ0v) is 8.78. The lowest BCUT2D eigenvalue weighted by Crippen LogP contribution is -2.42. The zero-order chi connectivity index (χ0) is 10.7. The van der Waals surface area contributed by atoms with Crippen molar-refractivity contribution in [2.75, 3.05) is 26.3 Å². The molecular formula is C10H17N3O2. The third-order valence-electron chi connectivity index (χ3n) is 2.86. The molecular weight excluding hydrogens is 194 g/mol. The quantitative estimate of drug-likeness (QED) is 0.699. The minimum atomic E-state index is -0.830. The second-order valence-corrected chi connectivity index (χ2v) is 4.08. The first-order chi connectivity index (χ1) is 7.25. The van der Waals surface area contributed by atoms with Crippen LogP contribution in [0.3, 0.4) is 0 Å². The number of nitrogens with zero attached hydrogens (tertiary/aromatic N) is 2. The van der Waals surface area contributed by atoms with E-state index < -0.39 is 5.97 Å². The Morgan fingerprint density at radius 1 is 1.40 bits per heavy atom.